The van der Waals surface area contributed by atoms with E-state index in [0.29, 0.717) is 0 Å². The summed E-state index contributed by atoms with van der Waals surface area (Å²) in [6.45, 7) is 0. The van der Waals surface area contributed by atoms with E-state index in [1.165, 1.54) is 3.07 Å². The molecule has 0 saturated carbocycles. The molecule has 0 heterocycles. The standard InChI is InChI=1S/C6H5BrN.ClH.Hg/c7-5-1-3-6(8)4-2-5;;/h1-3H,8H2;1H;/q;;+1/p-1. The Hall–Kier alpha value is 0.725. The number of rotatable bonds is 1. The summed E-state index contributed by atoms with van der Waals surface area (Å²) in [5.41, 5.74) is 6.50. The normalized spacial score (nSPS) is 9.00. The summed E-state index contributed by atoms with van der Waals surface area (Å²) in [7, 11) is 5.83. The molecule has 0 aliphatic carbocycles. The molecule has 0 atom stereocenters. The van der Waals surface area contributed by atoms with E-state index in [4.69, 9.17) is 14.0 Å². The SMILES string of the molecule is Nc1ccc(Br)c[c]1[Hg][Cl]. The van der Waals surface area contributed by atoms with Gasteiger partial charge in [0.25, 0.3) is 0 Å². The average Bonchev–Trinajstić information content (AvgIpc) is 1.94. The molecule has 0 aliphatic rings. The van der Waals surface area contributed by atoms with Crippen molar-refractivity contribution in [1.82, 2.24) is 0 Å². The summed E-state index contributed by atoms with van der Waals surface area (Å²) < 4.78 is 2.26. The number of hydrogen-bond donors (Lipinski definition) is 1. The van der Waals surface area contributed by atoms with Gasteiger partial charge in [0.15, 0.2) is 0 Å². The monoisotopic (exact) mass is 407 g/mol. The van der Waals surface area contributed by atoms with E-state index in [9.17, 15) is 0 Å². The molecule has 0 bridgehead atoms. The summed E-state index contributed by atoms with van der Waals surface area (Å²) in [4.78, 5) is 0. The molecule has 0 saturated heterocycles. The van der Waals surface area contributed by atoms with Gasteiger partial charge in [0.1, 0.15) is 0 Å². The second-order valence-corrected chi connectivity index (χ2v) is 9.24. The van der Waals surface area contributed by atoms with Crippen LogP contribution in [0.1, 0.15) is 0 Å². The summed E-state index contributed by atoms with van der Waals surface area (Å²) in [6.07, 6.45) is 0. The number of anilines is 1. The molecule has 2 N–H and O–H groups in total. The van der Waals surface area contributed by atoms with Crippen LogP contribution in [0.25, 0.3) is 0 Å². The molecule has 50 valence electrons. The van der Waals surface area contributed by atoms with Gasteiger partial charge in [-0.1, -0.05) is 0 Å². The first kappa shape index (κ1) is 8.82. The third-order valence-corrected chi connectivity index (χ3v) is 7.77. The maximum atomic E-state index is 5.83. The molecule has 1 rings (SSSR count). The Morgan fingerprint density at radius 2 is 2.20 bits per heavy atom. The quantitative estimate of drug-likeness (QED) is 0.559. The number of hydrogen-bond acceptors (Lipinski definition) is 1. The average molecular weight is 407 g/mol. The van der Waals surface area contributed by atoms with Crippen molar-refractivity contribution in [2.45, 2.75) is 0 Å². The summed E-state index contributed by atoms with van der Waals surface area (Å²) in [5.74, 6) is 0. The van der Waals surface area contributed by atoms with Crippen molar-refractivity contribution >= 4 is 32.9 Å². The van der Waals surface area contributed by atoms with Gasteiger partial charge >= 0.3 is 84.7 Å². The minimum atomic E-state index is -1.31. The van der Waals surface area contributed by atoms with E-state index in [0.717, 1.165) is 10.2 Å². The summed E-state index contributed by atoms with van der Waals surface area (Å²) >= 11 is 2.05. The van der Waals surface area contributed by atoms with Gasteiger partial charge in [-0.15, -0.1) is 0 Å². The van der Waals surface area contributed by atoms with Gasteiger partial charge in [0.05, 0.1) is 0 Å². The minimum absolute atomic E-state index is 0.847. The molecule has 0 aromatic heterocycles. The molecule has 10 heavy (non-hydrogen) atoms. The van der Waals surface area contributed by atoms with Crippen LogP contribution in [-0.4, -0.2) is 0 Å². The number of nitrogen functional groups attached to an aromatic ring is 1. The number of benzene rings is 1. The summed E-state index contributed by atoms with van der Waals surface area (Å²) in [6, 6.07) is 5.84. The maximum absolute atomic E-state index is 5.83. The molecule has 1 nitrogen and oxygen atoms in total. The van der Waals surface area contributed by atoms with Crippen molar-refractivity contribution in [2.75, 3.05) is 5.73 Å². The van der Waals surface area contributed by atoms with E-state index in [-0.39, 0.29) is 0 Å². The van der Waals surface area contributed by atoms with Crippen molar-refractivity contribution in [1.29, 1.82) is 0 Å². The van der Waals surface area contributed by atoms with Crippen LogP contribution in [0.5, 0.6) is 0 Å². The predicted molar refractivity (Wildman–Crippen MR) is 44.0 cm³/mol. The first-order chi connectivity index (χ1) is 4.74. The third kappa shape index (κ3) is 2.11. The van der Waals surface area contributed by atoms with E-state index < -0.39 is 23.3 Å². The number of nitrogens with two attached hydrogens (primary N) is 1. The van der Waals surface area contributed by atoms with E-state index in [2.05, 4.69) is 15.9 Å². The third-order valence-electron chi connectivity index (χ3n) is 1.25. The van der Waals surface area contributed by atoms with Crippen molar-refractivity contribution in [2.24, 2.45) is 0 Å². The van der Waals surface area contributed by atoms with Crippen LogP contribution < -0.4 is 8.81 Å². The fourth-order valence-corrected chi connectivity index (χ4v) is 6.50. The first-order valence-corrected chi connectivity index (χ1v) is 13.1. The summed E-state index contributed by atoms with van der Waals surface area (Å²) in [5, 5.41) is 0. The van der Waals surface area contributed by atoms with Crippen molar-refractivity contribution in [3.8, 4) is 0 Å². The van der Waals surface area contributed by atoms with Crippen molar-refractivity contribution in [3.05, 3.63) is 22.7 Å². The Morgan fingerprint density at radius 3 is 2.70 bits per heavy atom. The van der Waals surface area contributed by atoms with E-state index in [1.54, 1.807) is 0 Å². The van der Waals surface area contributed by atoms with Crippen LogP contribution in [-0.2, 0) is 23.3 Å². The van der Waals surface area contributed by atoms with Crippen LogP contribution in [0.2, 0.25) is 0 Å². The Labute approximate surface area is 83.9 Å². The van der Waals surface area contributed by atoms with Crippen LogP contribution in [0.4, 0.5) is 5.69 Å². The van der Waals surface area contributed by atoms with Crippen LogP contribution >= 0.6 is 24.2 Å². The zero-order valence-corrected chi connectivity index (χ0v) is 13.1. The van der Waals surface area contributed by atoms with Crippen LogP contribution in [0, 0.1) is 0 Å². The second kappa shape index (κ2) is 3.93. The van der Waals surface area contributed by atoms with E-state index >= 15 is 0 Å². The van der Waals surface area contributed by atoms with Crippen molar-refractivity contribution < 1.29 is 23.3 Å². The van der Waals surface area contributed by atoms with Gasteiger partial charge in [-0.3, -0.25) is 0 Å². The van der Waals surface area contributed by atoms with Gasteiger partial charge in [-0.05, 0) is 0 Å². The van der Waals surface area contributed by atoms with E-state index in [1.807, 2.05) is 18.2 Å². The van der Waals surface area contributed by atoms with Gasteiger partial charge in [-0.2, -0.15) is 0 Å². The molecule has 1 aromatic carbocycles. The zero-order valence-electron chi connectivity index (χ0n) is 5.27. The molecular formula is C6H5BrClHgN. The Balaban J connectivity index is 3.09. The topological polar surface area (TPSA) is 26.0 Å². The Morgan fingerprint density at radius 1 is 1.50 bits per heavy atom. The van der Waals surface area contributed by atoms with Crippen LogP contribution in [0.15, 0.2) is 22.7 Å². The van der Waals surface area contributed by atoms with Crippen molar-refractivity contribution in [3.63, 3.8) is 0 Å². The fourth-order valence-electron chi connectivity index (χ4n) is 0.690. The Bertz CT molecular complexity index is 241. The molecule has 0 amide bonds. The van der Waals surface area contributed by atoms with Gasteiger partial charge in [0, 0.05) is 0 Å². The molecule has 1 aromatic rings. The first-order valence-electron chi connectivity index (χ1n) is 2.84. The van der Waals surface area contributed by atoms with Gasteiger partial charge in [-0.25, -0.2) is 0 Å². The molecule has 4 heteroatoms. The van der Waals surface area contributed by atoms with Crippen LogP contribution in [0.3, 0.4) is 0 Å². The molecule has 0 radical (unpaired) electrons. The molecule has 0 aliphatic heterocycles. The van der Waals surface area contributed by atoms with Gasteiger partial charge in [0.2, 0.25) is 0 Å². The molecular weight excluding hydrogens is 402 g/mol. The Kier molecular flexibility index (Phi) is 3.47. The second-order valence-electron chi connectivity index (χ2n) is 1.98. The molecule has 0 fully saturated rings. The van der Waals surface area contributed by atoms with Gasteiger partial charge < -0.3 is 0 Å². The predicted octanol–water partition coefficient (Wildman–Crippen LogP) is 1.89. The number of halogens is 2. The molecule has 0 unspecified atom stereocenters. The zero-order chi connectivity index (χ0) is 7.56. The molecule has 0 spiro atoms. The fraction of sp³-hybridized carbons (Fsp3) is 0.